The zero-order valence-electron chi connectivity index (χ0n) is 22.6. The van der Waals surface area contributed by atoms with E-state index in [1.807, 2.05) is 6.08 Å². The van der Waals surface area contributed by atoms with E-state index in [1.165, 1.54) is 44.1 Å². The topological polar surface area (TPSA) is 18.1 Å². The number of nitrogens with zero attached hydrogens (tertiary/aromatic N) is 1. The summed E-state index contributed by atoms with van der Waals surface area (Å²) in [5, 5.41) is 2.50. The molecule has 2 aromatic heterocycles. The van der Waals surface area contributed by atoms with Crippen molar-refractivity contribution < 1.29 is 4.42 Å². The van der Waals surface area contributed by atoms with Gasteiger partial charge in [-0.3, -0.25) is 0 Å². The molecular weight excluding hydrogens is 498 g/mol. The van der Waals surface area contributed by atoms with E-state index in [1.54, 1.807) is 0 Å². The summed E-state index contributed by atoms with van der Waals surface area (Å²) in [5.41, 5.74) is 10.6. The lowest BCUT2D eigenvalue weighted by Crippen LogP contribution is -2.03. The highest BCUT2D eigenvalue weighted by Gasteiger charge is 2.27. The van der Waals surface area contributed by atoms with Crippen LogP contribution in [0.15, 0.2) is 126 Å². The lowest BCUT2D eigenvalue weighted by atomic mass is 9.89. The van der Waals surface area contributed by atoms with Crippen molar-refractivity contribution in [1.82, 2.24) is 4.57 Å². The summed E-state index contributed by atoms with van der Waals surface area (Å²) in [7, 11) is 0. The molecule has 0 spiro atoms. The summed E-state index contributed by atoms with van der Waals surface area (Å²) >= 11 is 0. The second-order valence-corrected chi connectivity index (χ2v) is 10.6. The highest BCUT2D eigenvalue weighted by Crippen LogP contribution is 2.45. The molecule has 41 heavy (non-hydrogen) atoms. The van der Waals surface area contributed by atoms with E-state index in [9.17, 15) is 0 Å². The minimum atomic E-state index is 0.669. The van der Waals surface area contributed by atoms with Crippen molar-refractivity contribution >= 4 is 33.5 Å². The van der Waals surface area contributed by atoms with Crippen molar-refractivity contribution in [3.05, 3.63) is 138 Å². The van der Waals surface area contributed by atoms with Gasteiger partial charge in [0.2, 0.25) is 0 Å². The van der Waals surface area contributed by atoms with Crippen LogP contribution in [-0.4, -0.2) is 4.57 Å². The van der Waals surface area contributed by atoms with Gasteiger partial charge in [-0.05, 0) is 42.7 Å². The Morgan fingerprint density at radius 2 is 1.49 bits per heavy atom. The SMILES string of the molecule is C1#CCC(c2c(-c3oc(-c4ccccc4)c4c3CCC=C4)cccc2-n2c3ccccc3c3ccccc32)=CC=C1. The fourth-order valence-corrected chi connectivity index (χ4v) is 6.44. The van der Waals surface area contributed by atoms with Crippen LogP contribution in [0.4, 0.5) is 0 Å². The molecule has 0 fully saturated rings. The van der Waals surface area contributed by atoms with E-state index < -0.39 is 0 Å². The van der Waals surface area contributed by atoms with Crippen molar-refractivity contribution in [2.45, 2.75) is 19.3 Å². The third-order valence-corrected chi connectivity index (χ3v) is 8.22. The van der Waals surface area contributed by atoms with Crippen LogP contribution < -0.4 is 0 Å². The molecule has 2 aliphatic carbocycles. The summed E-state index contributed by atoms with van der Waals surface area (Å²) in [6.07, 6.45) is 13.3. The van der Waals surface area contributed by atoms with Gasteiger partial charge in [0.15, 0.2) is 0 Å². The molecule has 0 unspecified atom stereocenters. The van der Waals surface area contributed by atoms with Crippen LogP contribution in [0.5, 0.6) is 0 Å². The summed E-state index contributed by atoms with van der Waals surface area (Å²) in [6, 6.07) is 34.5. The Kier molecular flexibility index (Phi) is 5.61. The molecule has 0 bridgehead atoms. The average molecular weight is 526 g/mol. The molecule has 2 heterocycles. The lowest BCUT2D eigenvalue weighted by molar-refractivity contribution is 0.594. The van der Waals surface area contributed by atoms with E-state index >= 15 is 0 Å². The van der Waals surface area contributed by atoms with E-state index in [2.05, 4.69) is 138 Å². The Hall–Kier alpha value is -5.26. The maximum atomic E-state index is 6.91. The molecular formula is C39H27NO. The molecule has 6 aromatic rings. The van der Waals surface area contributed by atoms with Gasteiger partial charge in [-0.1, -0.05) is 115 Å². The standard InChI is InChI=1S/C39H27NO/c1-2-5-16-27(15-4-1)37-33(39-32-22-9-8-21-31(32)38(41-39)28-17-6-3-7-18-28)23-14-26-36(37)40-34-24-12-10-19-29(34)30-20-11-13-25-35(30)40/h1,3-4,6-8,10-15,17-21,23-26H,9,16,22H2. The van der Waals surface area contributed by atoms with E-state index in [-0.39, 0.29) is 0 Å². The fourth-order valence-electron chi connectivity index (χ4n) is 6.44. The van der Waals surface area contributed by atoms with E-state index in [0.29, 0.717) is 6.42 Å². The van der Waals surface area contributed by atoms with E-state index in [0.717, 1.165) is 41.2 Å². The Morgan fingerprint density at radius 1 is 0.732 bits per heavy atom. The minimum absolute atomic E-state index is 0.669. The maximum Gasteiger partial charge on any atom is 0.142 e. The molecule has 0 atom stereocenters. The van der Waals surface area contributed by atoms with Gasteiger partial charge in [-0.25, -0.2) is 0 Å². The first-order chi connectivity index (χ1) is 20.4. The van der Waals surface area contributed by atoms with E-state index in [4.69, 9.17) is 4.42 Å². The number of para-hydroxylation sites is 2. The Balaban J connectivity index is 1.47. The Morgan fingerprint density at radius 3 is 2.29 bits per heavy atom. The predicted octanol–water partition coefficient (Wildman–Crippen LogP) is 10.0. The Bertz CT molecular complexity index is 2070. The Labute approximate surface area is 239 Å². The number of benzene rings is 4. The number of hydrogen-bond donors (Lipinski definition) is 0. The maximum absolute atomic E-state index is 6.91. The van der Waals surface area contributed by atoms with Crippen molar-refractivity contribution in [2.75, 3.05) is 0 Å². The van der Waals surface area contributed by atoms with Gasteiger partial charge in [0.1, 0.15) is 11.5 Å². The van der Waals surface area contributed by atoms with Crippen LogP contribution in [0.25, 0.3) is 61.8 Å². The zero-order valence-corrected chi connectivity index (χ0v) is 22.6. The third-order valence-electron chi connectivity index (χ3n) is 8.22. The molecule has 2 aliphatic rings. The van der Waals surface area contributed by atoms with Gasteiger partial charge in [0.05, 0.1) is 16.7 Å². The van der Waals surface area contributed by atoms with Gasteiger partial charge in [-0.2, -0.15) is 0 Å². The average Bonchev–Trinajstić information content (AvgIpc) is 3.45. The van der Waals surface area contributed by atoms with Crippen LogP contribution >= 0.6 is 0 Å². The molecule has 194 valence electrons. The van der Waals surface area contributed by atoms with Crippen molar-refractivity contribution in [2.24, 2.45) is 0 Å². The molecule has 0 aliphatic heterocycles. The number of rotatable bonds is 4. The second kappa shape index (κ2) is 9.73. The van der Waals surface area contributed by atoms with Crippen molar-refractivity contribution in [3.8, 4) is 40.2 Å². The van der Waals surface area contributed by atoms with Gasteiger partial charge in [-0.15, -0.1) is 0 Å². The van der Waals surface area contributed by atoms with Crippen LogP contribution in [0.1, 0.15) is 29.5 Å². The van der Waals surface area contributed by atoms with Crippen molar-refractivity contribution in [3.63, 3.8) is 0 Å². The fraction of sp³-hybridized carbons (Fsp3) is 0.0769. The molecule has 0 amide bonds. The van der Waals surface area contributed by atoms with Gasteiger partial charge < -0.3 is 8.98 Å². The summed E-state index contributed by atoms with van der Waals surface area (Å²) in [4.78, 5) is 0. The highest BCUT2D eigenvalue weighted by atomic mass is 16.3. The van der Waals surface area contributed by atoms with Gasteiger partial charge >= 0.3 is 0 Å². The molecule has 0 radical (unpaired) electrons. The number of aromatic nitrogens is 1. The number of fused-ring (bicyclic) bond motifs is 4. The van der Waals surface area contributed by atoms with Gasteiger partial charge in [0, 0.05) is 45.0 Å². The minimum Gasteiger partial charge on any atom is -0.455 e. The molecule has 8 rings (SSSR count). The first-order valence-electron chi connectivity index (χ1n) is 14.2. The zero-order chi connectivity index (χ0) is 27.2. The van der Waals surface area contributed by atoms with Crippen molar-refractivity contribution in [1.29, 1.82) is 0 Å². The second-order valence-electron chi connectivity index (χ2n) is 10.6. The van der Waals surface area contributed by atoms with Crippen LogP contribution in [-0.2, 0) is 6.42 Å². The lowest BCUT2D eigenvalue weighted by Gasteiger charge is -2.19. The monoisotopic (exact) mass is 525 g/mol. The number of allylic oxidation sites excluding steroid dienone is 5. The number of furan rings is 1. The summed E-state index contributed by atoms with van der Waals surface area (Å²) in [5.74, 6) is 8.43. The first-order valence-corrected chi connectivity index (χ1v) is 14.2. The molecule has 0 N–H and O–H groups in total. The molecule has 2 nitrogen and oxygen atoms in total. The molecule has 2 heteroatoms. The summed E-state index contributed by atoms with van der Waals surface area (Å²) in [6.45, 7) is 0. The smallest absolute Gasteiger partial charge is 0.142 e. The van der Waals surface area contributed by atoms with Crippen LogP contribution in [0.3, 0.4) is 0 Å². The first kappa shape index (κ1) is 23.6. The predicted molar refractivity (Wildman–Crippen MR) is 171 cm³/mol. The summed E-state index contributed by atoms with van der Waals surface area (Å²) < 4.78 is 9.32. The largest absolute Gasteiger partial charge is 0.455 e. The highest BCUT2D eigenvalue weighted by molar-refractivity contribution is 6.10. The third kappa shape index (κ3) is 3.82. The quantitative estimate of drug-likeness (QED) is 0.209. The normalized spacial score (nSPS) is 14.0. The van der Waals surface area contributed by atoms with Gasteiger partial charge in [0.25, 0.3) is 0 Å². The van der Waals surface area contributed by atoms with Crippen LogP contribution in [0, 0.1) is 11.8 Å². The van der Waals surface area contributed by atoms with Crippen LogP contribution in [0.2, 0.25) is 0 Å². The molecule has 4 aromatic carbocycles. The molecule has 0 saturated carbocycles. The number of hydrogen-bond acceptors (Lipinski definition) is 1. The molecule has 0 saturated heterocycles.